The van der Waals surface area contributed by atoms with Gasteiger partial charge in [0.25, 0.3) is 0 Å². The van der Waals surface area contributed by atoms with Gasteiger partial charge in [-0.05, 0) is 56.8 Å². The monoisotopic (exact) mass is 449 g/mol. The summed E-state index contributed by atoms with van der Waals surface area (Å²) in [5, 5.41) is 0.927. The Bertz CT molecular complexity index is 1350. The Balaban J connectivity index is 1.73. The van der Waals surface area contributed by atoms with Crippen LogP contribution in [0, 0.1) is 13.8 Å². The highest BCUT2D eigenvalue weighted by atomic mass is 35.5. The first kappa shape index (κ1) is 20.7. The molecule has 1 fully saturated rings. The van der Waals surface area contributed by atoms with Gasteiger partial charge < -0.3 is 19.2 Å². The minimum absolute atomic E-state index is 0.0314. The number of rotatable bonds is 3. The van der Waals surface area contributed by atoms with Gasteiger partial charge in [0.2, 0.25) is 5.43 Å². The normalized spacial score (nSPS) is 14.9. The van der Waals surface area contributed by atoms with E-state index in [2.05, 4.69) is 26.8 Å². The number of aromatic nitrogens is 3. The Hall–Kier alpha value is -3.16. The quantitative estimate of drug-likeness (QED) is 0.471. The molecule has 0 bridgehead atoms. The summed E-state index contributed by atoms with van der Waals surface area (Å²) in [4.78, 5) is 30.2. The molecule has 0 atom stereocenters. The molecule has 0 aromatic carbocycles. The van der Waals surface area contributed by atoms with E-state index in [0.29, 0.717) is 33.3 Å². The van der Waals surface area contributed by atoms with E-state index in [4.69, 9.17) is 21.0 Å². The van der Waals surface area contributed by atoms with Crippen molar-refractivity contribution >= 4 is 28.3 Å². The number of hydrogen-bond donors (Lipinski definition) is 1. The fraction of sp³-hybridized carbons (Fsp3) is 0.292. The molecule has 1 N–H and O–H groups in total. The fourth-order valence-corrected chi connectivity index (χ4v) is 4.42. The number of nitrogens with zero attached hydrogens (tertiary/aromatic N) is 4. The Kier molecular flexibility index (Phi) is 5.23. The van der Waals surface area contributed by atoms with Crippen molar-refractivity contribution in [2.75, 3.05) is 38.1 Å². The number of aryl methyl sites for hydroxylation is 2. The molecule has 5 rings (SSSR count). The average Bonchev–Trinajstić information content (AvgIpc) is 3.20. The summed E-state index contributed by atoms with van der Waals surface area (Å²) < 4.78 is 5.88. The van der Waals surface area contributed by atoms with Crippen molar-refractivity contribution in [3.8, 4) is 22.6 Å². The van der Waals surface area contributed by atoms with Crippen LogP contribution >= 0.6 is 11.6 Å². The lowest BCUT2D eigenvalue weighted by molar-refractivity contribution is 0.312. The van der Waals surface area contributed by atoms with E-state index in [1.54, 1.807) is 12.3 Å². The van der Waals surface area contributed by atoms with Gasteiger partial charge in [-0.25, -0.2) is 9.97 Å². The molecular weight excluding hydrogens is 426 g/mol. The summed E-state index contributed by atoms with van der Waals surface area (Å²) in [6.45, 7) is 7.25. The topological polar surface area (TPSA) is 78.3 Å². The maximum atomic E-state index is 13.5. The molecule has 164 valence electrons. The molecule has 4 aromatic rings. The molecule has 0 amide bonds. The Morgan fingerprint density at radius 1 is 1.06 bits per heavy atom. The van der Waals surface area contributed by atoms with E-state index >= 15 is 0 Å². The van der Waals surface area contributed by atoms with E-state index in [1.165, 1.54) is 0 Å². The van der Waals surface area contributed by atoms with Gasteiger partial charge in [0.1, 0.15) is 27.9 Å². The second-order valence-corrected chi connectivity index (χ2v) is 8.69. The number of piperazine rings is 1. The molecule has 4 aromatic heterocycles. The van der Waals surface area contributed by atoms with Crippen molar-refractivity contribution in [3.63, 3.8) is 0 Å². The van der Waals surface area contributed by atoms with Gasteiger partial charge in [0, 0.05) is 43.6 Å². The summed E-state index contributed by atoms with van der Waals surface area (Å²) >= 11 is 6.26. The Morgan fingerprint density at radius 2 is 1.84 bits per heavy atom. The number of hydrogen-bond acceptors (Lipinski definition) is 6. The molecule has 1 saturated heterocycles. The SMILES string of the molecule is Cc1cc(-c2cc3c(=O)c(N4CCN(C)CC4)c[nH]c3nc2-c2ccc(C)o2)cc(Cl)n1. The molecule has 1 aliphatic rings. The maximum Gasteiger partial charge on any atom is 0.214 e. The van der Waals surface area contributed by atoms with E-state index in [-0.39, 0.29) is 5.43 Å². The van der Waals surface area contributed by atoms with Gasteiger partial charge in [-0.1, -0.05) is 11.6 Å². The lowest BCUT2D eigenvalue weighted by Crippen LogP contribution is -2.46. The van der Waals surface area contributed by atoms with Crippen LogP contribution in [-0.4, -0.2) is 53.1 Å². The number of aromatic amines is 1. The largest absolute Gasteiger partial charge is 0.460 e. The second-order valence-electron chi connectivity index (χ2n) is 8.30. The first-order valence-corrected chi connectivity index (χ1v) is 11.0. The van der Waals surface area contributed by atoms with Crippen molar-refractivity contribution in [1.29, 1.82) is 0 Å². The van der Waals surface area contributed by atoms with Crippen molar-refractivity contribution in [1.82, 2.24) is 19.9 Å². The number of nitrogens with one attached hydrogen (secondary N) is 1. The van der Waals surface area contributed by atoms with Gasteiger partial charge in [-0.3, -0.25) is 4.79 Å². The summed E-state index contributed by atoms with van der Waals surface area (Å²) in [5.41, 5.74) is 4.22. The molecule has 32 heavy (non-hydrogen) atoms. The molecule has 1 aliphatic heterocycles. The van der Waals surface area contributed by atoms with Crippen LogP contribution in [0.1, 0.15) is 11.5 Å². The standard InChI is InChI=1S/C24H24ClN5O2/c1-14-10-16(11-21(25)27-14)17-12-18-23(31)19(30-8-6-29(3)7-9-30)13-26-24(18)28-22(17)20-5-4-15(2)32-20/h4-5,10-13H,6-9H2,1-3H3,(H,26,28,31). The second kappa shape index (κ2) is 8.07. The molecule has 8 heteroatoms. The first-order chi connectivity index (χ1) is 15.4. The molecular formula is C24H24ClN5O2. The van der Waals surface area contributed by atoms with Gasteiger partial charge >= 0.3 is 0 Å². The molecule has 0 saturated carbocycles. The summed E-state index contributed by atoms with van der Waals surface area (Å²) in [6.07, 6.45) is 1.77. The van der Waals surface area contributed by atoms with Crippen molar-refractivity contribution < 1.29 is 4.42 Å². The highest BCUT2D eigenvalue weighted by molar-refractivity contribution is 6.29. The highest BCUT2D eigenvalue weighted by Crippen LogP contribution is 2.34. The van der Waals surface area contributed by atoms with Crippen LogP contribution in [0.3, 0.4) is 0 Å². The maximum absolute atomic E-state index is 13.5. The number of halogens is 1. The molecule has 7 nitrogen and oxygen atoms in total. The smallest absolute Gasteiger partial charge is 0.214 e. The van der Waals surface area contributed by atoms with E-state index < -0.39 is 0 Å². The van der Waals surface area contributed by atoms with Crippen molar-refractivity contribution in [2.24, 2.45) is 0 Å². The van der Waals surface area contributed by atoms with Gasteiger partial charge in [-0.15, -0.1) is 0 Å². The van der Waals surface area contributed by atoms with E-state index in [0.717, 1.165) is 48.8 Å². The predicted octanol–water partition coefficient (Wildman–Crippen LogP) is 4.27. The Labute approximate surface area is 190 Å². The lowest BCUT2D eigenvalue weighted by Gasteiger charge is -2.33. The summed E-state index contributed by atoms with van der Waals surface area (Å²) in [7, 11) is 2.10. The predicted molar refractivity (Wildman–Crippen MR) is 127 cm³/mol. The molecule has 0 aliphatic carbocycles. The number of likely N-dealkylation sites (N-methyl/N-ethyl adjacent to an activating group) is 1. The third kappa shape index (κ3) is 3.78. The minimum Gasteiger partial charge on any atom is -0.460 e. The van der Waals surface area contributed by atoms with E-state index in [1.807, 2.05) is 38.1 Å². The number of pyridine rings is 3. The number of furan rings is 1. The third-order valence-corrected chi connectivity index (χ3v) is 6.09. The van der Waals surface area contributed by atoms with Crippen LogP contribution in [0.4, 0.5) is 5.69 Å². The third-order valence-electron chi connectivity index (χ3n) is 5.90. The van der Waals surface area contributed by atoms with Crippen LogP contribution in [0.2, 0.25) is 5.15 Å². The van der Waals surface area contributed by atoms with Crippen LogP contribution in [0.5, 0.6) is 0 Å². The minimum atomic E-state index is -0.0314. The van der Waals surface area contributed by atoms with Crippen LogP contribution in [0.15, 0.2) is 45.7 Å². The fourth-order valence-electron chi connectivity index (χ4n) is 4.17. The Morgan fingerprint density at radius 3 is 2.53 bits per heavy atom. The molecule has 0 radical (unpaired) electrons. The molecule has 5 heterocycles. The molecule has 0 spiro atoms. The summed E-state index contributed by atoms with van der Waals surface area (Å²) in [6, 6.07) is 9.40. The number of fused-ring (bicyclic) bond motifs is 1. The van der Waals surface area contributed by atoms with Crippen molar-refractivity contribution in [2.45, 2.75) is 13.8 Å². The zero-order chi connectivity index (χ0) is 22.4. The van der Waals surface area contributed by atoms with Crippen LogP contribution < -0.4 is 10.3 Å². The number of H-pyrrole nitrogens is 1. The first-order valence-electron chi connectivity index (χ1n) is 10.6. The average molecular weight is 450 g/mol. The van der Waals surface area contributed by atoms with Gasteiger partial charge in [-0.2, -0.15) is 0 Å². The van der Waals surface area contributed by atoms with Crippen LogP contribution in [-0.2, 0) is 0 Å². The summed E-state index contributed by atoms with van der Waals surface area (Å²) in [5.74, 6) is 1.42. The number of anilines is 1. The van der Waals surface area contributed by atoms with Crippen molar-refractivity contribution in [3.05, 3.63) is 63.4 Å². The lowest BCUT2D eigenvalue weighted by atomic mass is 10.0. The van der Waals surface area contributed by atoms with Gasteiger partial charge in [0.15, 0.2) is 5.76 Å². The zero-order valence-electron chi connectivity index (χ0n) is 18.3. The highest BCUT2D eigenvalue weighted by Gasteiger charge is 2.21. The molecule has 0 unspecified atom stereocenters. The van der Waals surface area contributed by atoms with Crippen LogP contribution in [0.25, 0.3) is 33.6 Å². The van der Waals surface area contributed by atoms with Gasteiger partial charge in [0.05, 0.1) is 5.39 Å². The zero-order valence-corrected chi connectivity index (χ0v) is 19.0. The van der Waals surface area contributed by atoms with E-state index in [9.17, 15) is 4.79 Å².